The summed E-state index contributed by atoms with van der Waals surface area (Å²) in [6, 6.07) is 10.3. The molecular weight excluding hydrogens is 280 g/mol. The number of anilines is 1. The molecule has 0 unspecified atom stereocenters. The van der Waals surface area contributed by atoms with Gasteiger partial charge < -0.3 is 15.8 Å². The molecular formula is C17H16N2O3. The molecule has 2 aromatic rings. The van der Waals surface area contributed by atoms with E-state index in [1.165, 1.54) is 7.11 Å². The molecule has 0 atom stereocenters. The Morgan fingerprint density at radius 3 is 2.23 bits per heavy atom. The summed E-state index contributed by atoms with van der Waals surface area (Å²) in [5, 5.41) is 3.10. The molecule has 5 nitrogen and oxygen atoms in total. The highest BCUT2D eigenvalue weighted by Gasteiger charge is 2.34. The first-order chi connectivity index (χ1) is 10.7. The molecule has 0 fully saturated rings. The Bertz CT molecular complexity index is 768. The third-order valence-electron chi connectivity index (χ3n) is 3.72. The van der Waals surface area contributed by atoms with E-state index in [1.54, 1.807) is 36.4 Å². The second kappa shape index (κ2) is 5.61. The molecule has 0 saturated heterocycles. The van der Waals surface area contributed by atoms with Crippen LogP contribution >= 0.6 is 0 Å². The Morgan fingerprint density at radius 2 is 1.64 bits per heavy atom. The molecule has 2 aromatic carbocycles. The molecule has 112 valence electrons. The minimum atomic E-state index is -0.196. The molecule has 0 aliphatic heterocycles. The second-order valence-electron chi connectivity index (χ2n) is 4.98. The highest BCUT2D eigenvalue weighted by molar-refractivity contribution is 6.31. The van der Waals surface area contributed by atoms with Gasteiger partial charge in [0.15, 0.2) is 11.6 Å². The zero-order chi connectivity index (χ0) is 15.7. The maximum atomic E-state index is 12.8. The van der Waals surface area contributed by atoms with E-state index in [0.717, 1.165) is 0 Å². The van der Waals surface area contributed by atoms with Gasteiger partial charge in [0.2, 0.25) is 0 Å². The quantitative estimate of drug-likeness (QED) is 0.768. The highest BCUT2D eigenvalue weighted by Crippen LogP contribution is 2.37. The third-order valence-corrected chi connectivity index (χ3v) is 3.72. The van der Waals surface area contributed by atoms with E-state index in [4.69, 9.17) is 10.5 Å². The summed E-state index contributed by atoms with van der Waals surface area (Å²) in [6.07, 6.45) is 0. The second-order valence-corrected chi connectivity index (χ2v) is 4.98. The largest absolute Gasteiger partial charge is 0.496 e. The number of ether oxygens (including phenoxy) is 1. The van der Waals surface area contributed by atoms with Gasteiger partial charge in [-0.3, -0.25) is 9.59 Å². The van der Waals surface area contributed by atoms with Crippen LogP contribution in [0.3, 0.4) is 0 Å². The van der Waals surface area contributed by atoms with Crippen LogP contribution < -0.4 is 15.8 Å². The van der Waals surface area contributed by atoms with Gasteiger partial charge in [-0.2, -0.15) is 0 Å². The number of carbonyl (C=O) groups excluding carboxylic acids is 2. The number of fused-ring (bicyclic) bond motifs is 2. The number of hydrogen-bond donors (Lipinski definition) is 2. The lowest BCUT2D eigenvalue weighted by atomic mass is 9.82. The summed E-state index contributed by atoms with van der Waals surface area (Å²) in [5.74, 6) is 0.0308. The molecule has 5 heteroatoms. The molecule has 3 N–H and O–H groups in total. The van der Waals surface area contributed by atoms with Crippen molar-refractivity contribution < 1.29 is 14.3 Å². The van der Waals surface area contributed by atoms with Crippen LogP contribution in [0.4, 0.5) is 5.69 Å². The van der Waals surface area contributed by atoms with Crippen molar-refractivity contribution in [1.82, 2.24) is 0 Å². The summed E-state index contributed by atoms with van der Waals surface area (Å²) in [4.78, 5) is 25.6. The summed E-state index contributed by atoms with van der Waals surface area (Å²) in [6.45, 7) is 0.946. The molecule has 0 amide bonds. The molecule has 0 saturated carbocycles. The zero-order valence-electron chi connectivity index (χ0n) is 12.2. The first kappa shape index (κ1) is 14.3. The zero-order valence-corrected chi connectivity index (χ0v) is 12.2. The average molecular weight is 296 g/mol. The SMILES string of the molecule is COc1ccc(NCCN)c2c1C(=O)c1ccccc1C2=O. The van der Waals surface area contributed by atoms with Crippen molar-refractivity contribution in [3.05, 3.63) is 58.7 Å². The van der Waals surface area contributed by atoms with E-state index in [9.17, 15) is 9.59 Å². The van der Waals surface area contributed by atoms with Crippen molar-refractivity contribution in [2.75, 3.05) is 25.5 Å². The number of ketones is 2. The highest BCUT2D eigenvalue weighted by atomic mass is 16.5. The van der Waals surface area contributed by atoms with Gasteiger partial charge in [0.05, 0.1) is 18.2 Å². The minimum absolute atomic E-state index is 0.177. The number of rotatable bonds is 4. The van der Waals surface area contributed by atoms with Crippen LogP contribution in [0.2, 0.25) is 0 Å². The number of nitrogens with one attached hydrogen (secondary N) is 1. The lowest BCUT2D eigenvalue weighted by Crippen LogP contribution is -2.24. The number of nitrogens with two attached hydrogens (primary N) is 1. The van der Waals surface area contributed by atoms with E-state index in [1.807, 2.05) is 0 Å². The molecule has 1 aliphatic carbocycles. The van der Waals surface area contributed by atoms with Crippen molar-refractivity contribution in [3.8, 4) is 5.75 Å². The van der Waals surface area contributed by atoms with E-state index < -0.39 is 0 Å². The fraction of sp³-hybridized carbons (Fsp3) is 0.176. The Kier molecular flexibility index (Phi) is 3.65. The lowest BCUT2D eigenvalue weighted by Gasteiger charge is -2.22. The van der Waals surface area contributed by atoms with Crippen LogP contribution in [0.1, 0.15) is 31.8 Å². The maximum Gasteiger partial charge on any atom is 0.198 e. The maximum absolute atomic E-state index is 12.8. The van der Waals surface area contributed by atoms with Crippen molar-refractivity contribution in [2.24, 2.45) is 5.73 Å². The van der Waals surface area contributed by atoms with E-state index >= 15 is 0 Å². The van der Waals surface area contributed by atoms with Gasteiger partial charge >= 0.3 is 0 Å². The number of hydrogen-bond acceptors (Lipinski definition) is 5. The Labute approximate surface area is 128 Å². The number of carbonyl (C=O) groups is 2. The predicted octanol–water partition coefficient (Wildman–Crippen LogP) is 1.84. The molecule has 22 heavy (non-hydrogen) atoms. The fourth-order valence-corrected chi connectivity index (χ4v) is 2.72. The van der Waals surface area contributed by atoms with Gasteiger partial charge in [0, 0.05) is 29.9 Å². The van der Waals surface area contributed by atoms with Gasteiger partial charge in [0.1, 0.15) is 5.75 Å². The first-order valence-corrected chi connectivity index (χ1v) is 7.02. The van der Waals surface area contributed by atoms with Crippen LogP contribution in [-0.2, 0) is 0 Å². The van der Waals surface area contributed by atoms with Crippen LogP contribution in [0.5, 0.6) is 5.75 Å². The summed E-state index contributed by atoms with van der Waals surface area (Å²) in [7, 11) is 1.49. The molecule has 0 radical (unpaired) electrons. The smallest absolute Gasteiger partial charge is 0.198 e. The van der Waals surface area contributed by atoms with E-state index in [-0.39, 0.29) is 11.6 Å². The first-order valence-electron chi connectivity index (χ1n) is 7.02. The Morgan fingerprint density at radius 1 is 1.00 bits per heavy atom. The standard InChI is InChI=1S/C17H16N2O3/c1-22-13-7-6-12(19-9-8-18)14-15(13)17(21)11-5-3-2-4-10(11)16(14)20/h2-7,19H,8-9,18H2,1H3. The molecule has 0 bridgehead atoms. The lowest BCUT2D eigenvalue weighted by molar-refractivity contribution is 0.0977. The molecule has 0 heterocycles. The Hall–Kier alpha value is -2.66. The monoisotopic (exact) mass is 296 g/mol. The predicted molar refractivity (Wildman–Crippen MR) is 83.8 cm³/mol. The van der Waals surface area contributed by atoms with E-state index in [0.29, 0.717) is 46.8 Å². The average Bonchev–Trinajstić information content (AvgIpc) is 2.57. The minimum Gasteiger partial charge on any atom is -0.496 e. The molecule has 0 aromatic heterocycles. The van der Waals surface area contributed by atoms with E-state index in [2.05, 4.69) is 5.32 Å². The fourth-order valence-electron chi connectivity index (χ4n) is 2.72. The number of benzene rings is 2. The molecule has 1 aliphatic rings. The van der Waals surface area contributed by atoms with Crippen LogP contribution in [0.25, 0.3) is 0 Å². The van der Waals surface area contributed by atoms with Crippen LogP contribution in [-0.4, -0.2) is 31.8 Å². The van der Waals surface area contributed by atoms with Crippen molar-refractivity contribution >= 4 is 17.3 Å². The molecule has 0 spiro atoms. The van der Waals surface area contributed by atoms with Crippen molar-refractivity contribution in [2.45, 2.75) is 0 Å². The number of methoxy groups -OCH3 is 1. The summed E-state index contributed by atoms with van der Waals surface area (Å²) >= 11 is 0. The van der Waals surface area contributed by atoms with Gasteiger partial charge in [-0.15, -0.1) is 0 Å². The van der Waals surface area contributed by atoms with Gasteiger partial charge in [0.25, 0.3) is 0 Å². The summed E-state index contributed by atoms with van der Waals surface area (Å²) < 4.78 is 5.28. The normalized spacial score (nSPS) is 12.6. The van der Waals surface area contributed by atoms with Gasteiger partial charge in [-0.05, 0) is 12.1 Å². The van der Waals surface area contributed by atoms with Crippen molar-refractivity contribution in [3.63, 3.8) is 0 Å². The topological polar surface area (TPSA) is 81.4 Å². The third kappa shape index (κ3) is 2.07. The van der Waals surface area contributed by atoms with Crippen molar-refractivity contribution in [1.29, 1.82) is 0 Å². The Balaban J connectivity index is 2.25. The summed E-state index contributed by atoms with van der Waals surface area (Å²) in [5.41, 5.74) is 7.62. The van der Waals surface area contributed by atoms with Crippen LogP contribution in [0, 0.1) is 0 Å². The van der Waals surface area contributed by atoms with Crippen LogP contribution in [0.15, 0.2) is 36.4 Å². The van der Waals surface area contributed by atoms with Gasteiger partial charge in [-0.25, -0.2) is 0 Å². The molecule has 3 rings (SSSR count). The van der Waals surface area contributed by atoms with Gasteiger partial charge in [-0.1, -0.05) is 24.3 Å².